The van der Waals surface area contributed by atoms with E-state index in [0.29, 0.717) is 22.2 Å². The molecule has 3 N–H and O–H groups in total. The predicted octanol–water partition coefficient (Wildman–Crippen LogP) is 6.03. The van der Waals surface area contributed by atoms with Gasteiger partial charge in [0.15, 0.2) is 0 Å². The van der Waals surface area contributed by atoms with Crippen LogP contribution >= 0.6 is 11.6 Å². The first kappa shape index (κ1) is 20.3. The SMILES string of the molecule is Cc1cccc2c1/C(=C/c1c(Cl)cccc1C1CC1)C(=O)N2c1ccc(C(=O)O)c(N)c1. The summed E-state index contributed by atoms with van der Waals surface area (Å²) in [6.45, 7) is 1.97. The van der Waals surface area contributed by atoms with Crippen LogP contribution in [-0.4, -0.2) is 17.0 Å². The molecule has 0 spiro atoms. The maximum atomic E-state index is 13.7. The van der Waals surface area contributed by atoms with Crippen molar-refractivity contribution in [3.63, 3.8) is 0 Å². The Labute approximate surface area is 190 Å². The van der Waals surface area contributed by atoms with Crippen LogP contribution in [0.3, 0.4) is 0 Å². The van der Waals surface area contributed by atoms with E-state index in [1.165, 1.54) is 17.7 Å². The minimum absolute atomic E-state index is 0.00534. The van der Waals surface area contributed by atoms with Gasteiger partial charge >= 0.3 is 5.97 Å². The summed E-state index contributed by atoms with van der Waals surface area (Å²) in [5.74, 6) is -0.823. The third-order valence-corrected chi connectivity index (χ3v) is 6.44. The molecule has 0 unspecified atom stereocenters. The lowest BCUT2D eigenvalue weighted by atomic mass is 9.96. The van der Waals surface area contributed by atoms with Gasteiger partial charge in [0.2, 0.25) is 0 Å². The Kier molecular flexibility index (Phi) is 4.79. The number of carboxylic acid groups (broad SMARTS) is 1. The van der Waals surface area contributed by atoms with Crippen molar-refractivity contribution in [3.8, 4) is 0 Å². The van der Waals surface area contributed by atoms with Gasteiger partial charge in [-0.3, -0.25) is 9.69 Å². The number of carbonyl (C=O) groups excluding carboxylic acids is 1. The topological polar surface area (TPSA) is 83.6 Å². The summed E-state index contributed by atoms with van der Waals surface area (Å²) in [5, 5.41) is 9.92. The van der Waals surface area contributed by atoms with Gasteiger partial charge in [-0.05, 0) is 78.8 Å². The fraction of sp³-hybridized carbons (Fsp3) is 0.154. The Morgan fingerprint density at radius 3 is 2.59 bits per heavy atom. The van der Waals surface area contributed by atoms with Crippen LogP contribution in [0.1, 0.15) is 51.4 Å². The molecular formula is C26H21ClN2O3. The summed E-state index contributed by atoms with van der Waals surface area (Å²) in [7, 11) is 0. The number of amides is 1. The highest BCUT2D eigenvalue weighted by Gasteiger charge is 2.36. The summed E-state index contributed by atoms with van der Waals surface area (Å²) in [6.07, 6.45) is 4.15. The molecule has 0 radical (unpaired) electrons. The Morgan fingerprint density at radius 1 is 1.16 bits per heavy atom. The van der Waals surface area contributed by atoms with E-state index in [9.17, 15) is 14.7 Å². The zero-order valence-electron chi connectivity index (χ0n) is 17.4. The van der Waals surface area contributed by atoms with E-state index in [1.807, 2.05) is 43.3 Å². The summed E-state index contributed by atoms with van der Waals surface area (Å²) in [6, 6.07) is 16.2. The lowest BCUT2D eigenvalue weighted by Gasteiger charge is -2.18. The zero-order chi connectivity index (χ0) is 22.6. The maximum absolute atomic E-state index is 13.7. The van der Waals surface area contributed by atoms with Crippen LogP contribution in [0.2, 0.25) is 5.02 Å². The number of hydrogen-bond donors (Lipinski definition) is 2. The zero-order valence-corrected chi connectivity index (χ0v) is 18.2. The molecule has 5 rings (SSSR count). The molecule has 0 aromatic heterocycles. The number of fused-ring (bicyclic) bond motifs is 1. The lowest BCUT2D eigenvalue weighted by Crippen LogP contribution is -2.21. The van der Waals surface area contributed by atoms with Crippen LogP contribution in [-0.2, 0) is 4.79 Å². The highest BCUT2D eigenvalue weighted by Crippen LogP contribution is 2.47. The Bertz CT molecular complexity index is 1320. The number of aromatic carboxylic acids is 1. The van der Waals surface area contributed by atoms with E-state index in [4.69, 9.17) is 17.3 Å². The Balaban J connectivity index is 1.68. The smallest absolute Gasteiger partial charge is 0.337 e. The second-order valence-electron chi connectivity index (χ2n) is 8.26. The van der Waals surface area contributed by atoms with Gasteiger partial charge in [-0.1, -0.05) is 35.9 Å². The van der Waals surface area contributed by atoms with Crippen LogP contribution in [0.4, 0.5) is 17.1 Å². The Morgan fingerprint density at radius 2 is 1.91 bits per heavy atom. The number of nitrogen functional groups attached to an aromatic ring is 1. The summed E-state index contributed by atoms with van der Waals surface area (Å²) < 4.78 is 0. The molecule has 0 bridgehead atoms. The van der Waals surface area contributed by atoms with Crippen LogP contribution in [0, 0.1) is 6.92 Å². The highest BCUT2D eigenvalue weighted by atomic mass is 35.5. The summed E-state index contributed by atoms with van der Waals surface area (Å²) in [4.78, 5) is 26.7. The van der Waals surface area contributed by atoms with Gasteiger partial charge in [0.25, 0.3) is 5.91 Å². The van der Waals surface area contributed by atoms with Gasteiger partial charge in [0, 0.05) is 16.3 Å². The molecule has 5 nitrogen and oxygen atoms in total. The quantitative estimate of drug-likeness (QED) is 0.380. The molecule has 1 aliphatic carbocycles. The molecule has 2 aliphatic rings. The number of rotatable bonds is 4. The molecule has 1 heterocycles. The molecule has 3 aromatic carbocycles. The highest BCUT2D eigenvalue weighted by molar-refractivity contribution is 6.39. The molecule has 0 saturated heterocycles. The third-order valence-electron chi connectivity index (χ3n) is 6.11. The van der Waals surface area contributed by atoms with Gasteiger partial charge in [-0.25, -0.2) is 4.79 Å². The first-order valence-electron chi connectivity index (χ1n) is 10.4. The van der Waals surface area contributed by atoms with Crippen molar-refractivity contribution in [2.24, 2.45) is 0 Å². The van der Waals surface area contributed by atoms with Crippen molar-refractivity contribution in [1.29, 1.82) is 0 Å². The van der Waals surface area contributed by atoms with Crippen molar-refractivity contribution in [2.45, 2.75) is 25.7 Å². The van der Waals surface area contributed by atoms with E-state index in [2.05, 4.69) is 6.07 Å². The maximum Gasteiger partial charge on any atom is 0.337 e. The summed E-state index contributed by atoms with van der Waals surface area (Å²) >= 11 is 6.57. The molecule has 0 atom stereocenters. The van der Waals surface area contributed by atoms with Crippen molar-refractivity contribution in [3.05, 3.63) is 87.4 Å². The van der Waals surface area contributed by atoms with Crippen LogP contribution in [0.5, 0.6) is 0 Å². The molecule has 3 aromatic rings. The molecule has 1 aliphatic heterocycles. The van der Waals surface area contributed by atoms with E-state index in [-0.39, 0.29) is 17.2 Å². The number of anilines is 3. The average Bonchev–Trinajstić information content (AvgIpc) is 3.54. The Hall–Kier alpha value is -3.57. The fourth-order valence-corrected chi connectivity index (χ4v) is 4.64. The summed E-state index contributed by atoms with van der Waals surface area (Å²) in [5.41, 5.74) is 11.8. The number of carboxylic acids is 1. The normalized spacial score (nSPS) is 16.5. The fourth-order valence-electron chi connectivity index (χ4n) is 4.40. The lowest BCUT2D eigenvalue weighted by molar-refractivity contribution is -0.112. The molecule has 6 heteroatoms. The second-order valence-corrected chi connectivity index (χ2v) is 8.67. The molecule has 160 valence electrons. The monoisotopic (exact) mass is 444 g/mol. The number of aryl methyl sites for hydroxylation is 1. The predicted molar refractivity (Wildman–Crippen MR) is 127 cm³/mol. The van der Waals surface area contributed by atoms with E-state index in [0.717, 1.165) is 35.2 Å². The number of nitrogens with two attached hydrogens (primary N) is 1. The molecular weight excluding hydrogens is 424 g/mol. The number of carbonyl (C=O) groups is 2. The van der Waals surface area contributed by atoms with E-state index >= 15 is 0 Å². The largest absolute Gasteiger partial charge is 0.478 e. The minimum atomic E-state index is -1.11. The van der Waals surface area contributed by atoms with Gasteiger partial charge in [-0.2, -0.15) is 0 Å². The first-order chi connectivity index (χ1) is 15.4. The van der Waals surface area contributed by atoms with Crippen molar-refractivity contribution in [2.75, 3.05) is 10.6 Å². The number of benzene rings is 3. The van der Waals surface area contributed by atoms with Gasteiger partial charge in [0.05, 0.1) is 22.5 Å². The van der Waals surface area contributed by atoms with Crippen LogP contribution in [0.25, 0.3) is 11.6 Å². The number of hydrogen-bond acceptors (Lipinski definition) is 3. The molecule has 1 amide bonds. The van der Waals surface area contributed by atoms with Gasteiger partial charge < -0.3 is 10.8 Å². The van der Waals surface area contributed by atoms with Crippen LogP contribution < -0.4 is 10.6 Å². The molecule has 32 heavy (non-hydrogen) atoms. The number of halogens is 1. The van der Waals surface area contributed by atoms with E-state index in [1.54, 1.807) is 11.0 Å². The standard InChI is InChI=1S/C26H21ClN2O3/c1-14-4-2-7-23-24(14)20(13-19-17(15-8-9-15)5-3-6-21(19)27)25(30)29(23)16-10-11-18(26(31)32)22(28)12-16/h2-7,10-13,15H,8-9,28H2,1H3,(H,31,32)/b20-13-. The van der Waals surface area contributed by atoms with Crippen molar-refractivity contribution < 1.29 is 14.7 Å². The first-order valence-corrected chi connectivity index (χ1v) is 10.8. The molecule has 1 saturated carbocycles. The third kappa shape index (κ3) is 3.26. The van der Waals surface area contributed by atoms with Crippen molar-refractivity contribution >= 4 is 52.2 Å². The molecule has 1 fully saturated rings. The minimum Gasteiger partial charge on any atom is -0.478 e. The average molecular weight is 445 g/mol. The van der Waals surface area contributed by atoms with Crippen LogP contribution in [0.15, 0.2) is 54.6 Å². The number of nitrogens with zero attached hydrogens (tertiary/aromatic N) is 1. The second kappa shape index (κ2) is 7.53. The van der Waals surface area contributed by atoms with Gasteiger partial charge in [0.1, 0.15) is 0 Å². The van der Waals surface area contributed by atoms with Crippen molar-refractivity contribution in [1.82, 2.24) is 0 Å². The van der Waals surface area contributed by atoms with E-state index < -0.39 is 5.97 Å². The van der Waals surface area contributed by atoms with Gasteiger partial charge in [-0.15, -0.1) is 0 Å².